The summed E-state index contributed by atoms with van der Waals surface area (Å²) in [6.07, 6.45) is 0. The second-order valence-corrected chi connectivity index (χ2v) is 4.43. The second-order valence-electron chi connectivity index (χ2n) is 3.99. The van der Waals surface area contributed by atoms with E-state index in [1.807, 2.05) is 30.3 Å². The van der Waals surface area contributed by atoms with E-state index in [-0.39, 0.29) is 11.1 Å². The highest BCUT2D eigenvalue weighted by Crippen LogP contribution is 2.29. The Hall–Kier alpha value is -2.33. The van der Waals surface area contributed by atoms with Gasteiger partial charge in [-0.2, -0.15) is 0 Å². The van der Waals surface area contributed by atoms with E-state index < -0.39 is 5.97 Å². The van der Waals surface area contributed by atoms with Crippen molar-refractivity contribution in [1.82, 2.24) is 4.98 Å². The molecule has 1 heterocycles. The van der Waals surface area contributed by atoms with Crippen LogP contribution in [0.3, 0.4) is 0 Å². The third-order valence-electron chi connectivity index (χ3n) is 2.71. The summed E-state index contributed by atoms with van der Waals surface area (Å²) in [5, 5.41) is 9.46. The summed E-state index contributed by atoms with van der Waals surface area (Å²) in [6.45, 7) is 0. The lowest BCUT2D eigenvalue weighted by atomic mass is 10.2. The Kier molecular flexibility index (Phi) is 2.72. The molecule has 1 aromatic heterocycles. The van der Waals surface area contributed by atoms with Gasteiger partial charge in [0.25, 0.3) is 0 Å². The SMILES string of the molecule is O=C(O)c1cc(Cl)cc2nc(-c3ccccc3)oc12. The Labute approximate surface area is 113 Å². The number of fused-ring (bicyclic) bond motifs is 1. The minimum absolute atomic E-state index is 0.0113. The fourth-order valence-electron chi connectivity index (χ4n) is 1.86. The molecule has 0 aliphatic heterocycles. The maximum Gasteiger partial charge on any atom is 0.339 e. The number of benzene rings is 2. The molecule has 0 aliphatic rings. The van der Waals surface area contributed by atoms with E-state index in [9.17, 15) is 4.79 Å². The van der Waals surface area contributed by atoms with Gasteiger partial charge in [0.05, 0.1) is 0 Å². The quantitative estimate of drug-likeness (QED) is 0.770. The molecule has 0 fully saturated rings. The van der Waals surface area contributed by atoms with Crippen LogP contribution in [0, 0.1) is 0 Å². The molecule has 4 nitrogen and oxygen atoms in total. The molecule has 1 N–H and O–H groups in total. The molecular formula is C14H8ClNO3. The van der Waals surface area contributed by atoms with Crippen molar-refractivity contribution in [2.75, 3.05) is 0 Å². The summed E-state index contributed by atoms with van der Waals surface area (Å²) in [5.74, 6) is -0.719. The number of carbonyl (C=O) groups is 1. The van der Waals surface area contributed by atoms with Gasteiger partial charge in [-0.05, 0) is 24.3 Å². The average molecular weight is 274 g/mol. The lowest BCUT2D eigenvalue weighted by molar-refractivity contribution is 0.0698. The predicted octanol–water partition coefficient (Wildman–Crippen LogP) is 3.85. The molecule has 3 rings (SSSR count). The first kappa shape index (κ1) is 11.7. The highest BCUT2D eigenvalue weighted by molar-refractivity contribution is 6.31. The van der Waals surface area contributed by atoms with E-state index in [2.05, 4.69) is 4.98 Å². The van der Waals surface area contributed by atoms with E-state index in [4.69, 9.17) is 21.1 Å². The highest BCUT2D eigenvalue weighted by atomic mass is 35.5. The molecule has 19 heavy (non-hydrogen) atoms. The summed E-state index contributed by atoms with van der Waals surface area (Å²) >= 11 is 5.88. The first-order chi connectivity index (χ1) is 9.15. The zero-order chi connectivity index (χ0) is 13.4. The maximum absolute atomic E-state index is 11.2. The average Bonchev–Trinajstić information content (AvgIpc) is 2.82. The van der Waals surface area contributed by atoms with E-state index in [0.29, 0.717) is 16.4 Å². The van der Waals surface area contributed by atoms with Crippen molar-refractivity contribution in [3.05, 3.63) is 53.1 Å². The molecule has 2 aromatic carbocycles. The number of hydrogen-bond acceptors (Lipinski definition) is 3. The molecule has 5 heteroatoms. The molecular weight excluding hydrogens is 266 g/mol. The van der Waals surface area contributed by atoms with Crippen molar-refractivity contribution < 1.29 is 14.3 Å². The number of oxazole rings is 1. The van der Waals surface area contributed by atoms with E-state index >= 15 is 0 Å². The van der Waals surface area contributed by atoms with Crippen LogP contribution < -0.4 is 0 Å². The van der Waals surface area contributed by atoms with Crippen molar-refractivity contribution in [3.63, 3.8) is 0 Å². The van der Waals surface area contributed by atoms with Gasteiger partial charge in [0.15, 0.2) is 5.58 Å². The van der Waals surface area contributed by atoms with Gasteiger partial charge in [0, 0.05) is 10.6 Å². The van der Waals surface area contributed by atoms with Gasteiger partial charge >= 0.3 is 5.97 Å². The second kappa shape index (κ2) is 4.40. The molecule has 0 bridgehead atoms. The molecule has 0 amide bonds. The standard InChI is InChI=1S/C14H8ClNO3/c15-9-6-10(14(17)18)12-11(7-9)16-13(19-12)8-4-2-1-3-5-8/h1-7H,(H,17,18). The first-order valence-electron chi connectivity index (χ1n) is 5.54. The summed E-state index contributed by atoms with van der Waals surface area (Å²) in [4.78, 5) is 15.4. The number of aromatic carboxylic acids is 1. The van der Waals surface area contributed by atoms with Crippen LogP contribution in [0.15, 0.2) is 46.9 Å². The maximum atomic E-state index is 11.2. The van der Waals surface area contributed by atoms with Crippen LogP contribution in [0.1, 0.15) is 10.4 Å². The van der Waals surface area contributed by atoms with E-state index in [1.54, 1.807) is 6.07 Å². The Balaban J connectivity index is 2.26. The Morgan fingerprint density at radius 2 is 1.95 bits per heavy atom. The molecule has 0 unspecified atom stereocenters. The molecule has 3 aromatic rings. The predicted molar refractivity (Wildman–Crippen MR) is 71.4 cm³/mol. The van der Waals surface area contributed by atoms with E-state index in [0.717, 1.165) is 5.56 Å². The Morgan fingerprint density at radius 3 is 2.63 bits per heavy atom. The monoisotopic (exact) mass is 273 g/mol. The molecule has 0 radical (unpaired) electrons. The number of aromatic nitrogens is 1. The fraction of sp³-hybridized carbons (Fsp3) is 0. The zero-order valence-electron chi connectivity index (χ0n) is 9.63. The topological polar surface area (TPSA) is 63.3 Å². The van der Waals surface area contributed by atoms with Gasteiger partial charge in [-0.1, -0.05) is 29.8 Å². The first-order valence-corrected chi connectivity index (χ1v) is 5.92. The molecule has 0 atom stereocenters. The summed E-state index contributed by atoms with van der Waals surface area (Å²) < 4.78 is 5.55. The van der Waals surface area contributed by atoms with E-state index in [1.165, 1.54) is 6.07 Å². The van der Waals surface area contributed by atoms with Gasteiger partial charge < -0.3 is 9.52 Å². The van der Waals surface area contributed by atoms with Crippen molar-refractivity contribution in [2.24, 2.45) is 0 Å². The number of halogens is 1. The minimum atomic E-state index is -1.09. The van der Waals surface area contributed by atoms with Crippen LogP contribution in [0.4, 0.5) is 0 Å². The number of nitrogens with zero attached hydrogens (tertiary/aromatic N) is 1. The summed E-state index contributed by atoms with van der Waals surface area (Å²) in [6, 6.07) is 12.2. The lowest BCUT2D eigenvalue weighted by Gasteiger charge is -1.96. The van der Waals surface area contributed by atoms with Gasteiger partial charge in [-0.3, -0.25) is 0 Å². The van der Waals surface area contributed by atoms with Gasteiger partial charge in [-0.25, -0.2) is 9.78 Å². The van der Waals surface area contributed by atoms with Crippen molar-refractivity contribution in [2.45, 2.75) is 0 Å². The number of carboxylic acids is 1. The van der Waals surface area contributed by atoms with Crippen LogP contribution >= 0.6 is 11.6 Å². The number of rotatable bonds is 2. The van der Waals surface area contributed by atoms with Crippen LogP contribution in [0.25, 0.3) is 22.6 Å². The van der Waals surface area contributed by atoms with Gasteiger partial charge in [-0.15, -0.1) is 0 Å². The van der Waals surface area contributed by atoms with Crippen LogP contribution in [-0.2, 0) is 0 Å². The Bertz CT molecular complexity index is 765. The normalized spacial score (nSPS) is 10.8. The smallest absolute Gasteiger partial charge is 0.339 e. The summed E-state index contributed by atoms with van der Waals surface area (Å²) in [5.41, 5.74) is 1.46. The Morgan fingerprint density at radius 1 is 1.21 bits per heavy atom. The summed E-state index contributed by atoms with van der Waals surface area (Å²) in [7, 11) is 0. The van der Waals surface area contributed by atoms with Crippen LogP contribution in [0.2, 0.25) is 5.02 Å². The number of hydrogen-bond donors (Lipinski definition) is 1. The van der Waals surface area contributed by atoms with Crippen LogP contribution in [-0.4, -0.2) is 16.1 Å². The van der Waals surface area contributed by atoms with Gasteiger partial charge in [0.1, 0.15) is 11.1 Å². The van der Waals surface area contributed by atoms with Crippen molar-refractivity contribution in [1.29, 1.82) is 0 Å². The lowest BCUT2D eigenvalue weighted by Crippen LogP contribution is -1.96. The molecule has 94 valence electrons. The molecule has 0 spiro atoms. The largest absolute Gasteiger partial charge is 0.478 e. The van der Waals surface area contributed by atoms with Gasteiger partial charge in [0.2, 0.25) is 5.89 Å². The molecule has 0 saturated heterocycles. The zero-order valence-corrected chi connectivity index (χ0v) is 10.4. The fourth-order valence-corrected chi connectivity index (χ4v) is 2.07. The number of carboxylic acid groups (broad SMARTS) is 1. The van der Waals surface area contributed by atoms with Crippen molar-refractivity contribution >= 4 is 28.7 Å². The van der Waals surface area contributed by atoms with Crippen LogP contribution in [0.5, 0.6) is 0 Å². The molecule has 0 aliphatic carbocycles. The minimum Gasteiger partial charge on any atom is -0.478 e. The molecule has 0 saturated carbocycles. The van der Waals surface area contributed by atoms with Crippen molar-refractivity contribution in [3.8, 4) is 11.5 Å². The highest BCUT2D eigenvalue weighted by Gasteiger charge is 2.17. The third kappa shape index (κ3) is 2.06. The third-order valence-corrected chi connectivity index (χ3v) is 2.92.